The summed E-state index contributed by atoms with van der Waals surface area (Å²) < 4.78 is 22.8. The van der Waals surface area contributed by atoms with E-state index in [9.17, 15) is 13.5 Å². The minimum absolute atomic E-state index is 0.0926. The molecule has 0 bridgehead atoms. The molecule has 0 aliphatic carbocycles. The smallest absolute Gasteiger partial charge is 0.151 e. The zero-order valence-corrected chi connectivity index (χ0v) is 12.3. The van der Waals surface area contributed by atoms with Gasteiger partial charge in [-0.3, -0.25) is 0 Å². The standard InChI is InChI=1S/C12H27NO3S/c1-5-7-17(15,16)8-6-13-10-11(14)9-12(2,3)4/h11,13-14H,5-10H2,1-4H3. The van der Waals surface area contributed by atoms with Gasteiger partial charge in [-0.15, -0.1) is 0 Å². The minimum Gasteiger partial charge on any atom is -0.392 e. The van der Waals surface area contributed by atoms with Crippen molar-refractivity contribution < 1.29 is 13.5 Å². The molecule has 0 aromatic rings. The Bertz CT molecular complexity index is 293. The van der Waals surface area contributed by atoms with Crippen molar-refractivity contribution in [3.05, 3.63) is 0 Å². The van der Waals surface area contributed by atoms with E-state index < -0.39 is 15.9 Å². The van der Waals surface area contributed by atoms with Crippen LogP contribution in [0.25, 0.3) is 0 Å². The largest absolute Gasteiger partial charge is 0.392 e. The summed E-state index contributed by atoms with van der Waals surface area (Å²) in [6.07, 6.45) is 0.959. The Morgan fingerprint density at radius 3 is 2.29 bits per heavy atom. The van der Waals surface area contributed by atoms with E-state index in [2.05, 4.69) is 26.1 Å². The van der Waals surface area contributed by atoms with E-state index in [0.29, 0.717) is 25.9 Å². The SMILES string of the molecule is CCCS(=O)(=O)CCNCC(O)CC(C)(C)C. The summed E-state index contributed by atoms with van der Waals surface area (Å²) in [5.74, 6) is 0.405. The predicted octanol–water partition coefficient (Wildman–Crippen LogP) is 1.20. The molecule has 0 amide bonds. The minimum atomic E-state index is -2.91. The Labute approximate surface area is 106 Å². The lowest BCUT2D eigenvalue weighted by atomic mass is 9.89. The number of aliphatic hydroxyl groups excluding tert-OH is 1. The molecule has 0 aliphatic rings. The molecule has 0 radical (unpaired) electrons. The molecule has 0 spiro atoms. The van der Waals surface area contributed by atoms with E-state index in [4.69, 9.17) is 0 Å². The van der Waals surface area contributed by atoms with Gasteiger partial charge in [0.15, 0.2) is 9.84 Å². The number of aliphatic hydroxyl groups is 1. The van der Waals surface area contributed by atoms with Crippen LogP contribution in [0.15, 0.2) is 0 Å². The summed E-state index contributed by atoms with van der Waals surface area (Å²) in [4.78, 5) is 0. The van der Waals surface area contributed by atoms with E-state index in [1.807, 2.05) is 6.92 Å². The molecule has 17 heavy (non-hydrogen) atoms. The van der Waals surface area contributed by atoms with Crippen LogP contribution < -0.4 is 5.32 Å². The number of nitrogens with one attached hydrogen (secondary N) is 1. The fourth-order valence-corrected chi connectivity index (χ4v) is 2.97. The van der Waals surface area contributed by atoms with Crippen LogP contribution in [0.1, 0.15) is 40.5 Å². The van der Waals surface area contributed by atoms with E-state index in [0.717, 1.165) is 0 Å². The van der Waals surface area contributed by atoms with Crippen molar-refractivity contribution in [1.82, 2.24) is 5.32 Å². The molecule has 1 unspecified atom stereocenters. The van der Waals surface area contributed by atoms with Crippen LogP contribution in [0.4, 0.5) is 0 Å². The first-order chi connectivity index (χ1) is 7.66. The van der Waals surface area contributed by atoms with Crippen molar-refractivity contribution in [2.75, 3.05) is 24.6 Å². The van der Waals surface area contributed by atoms with Crippen molar-refractivity contribution >= 4 is 9.84 Å². The van der Waals surface area contributed by atoms with Crippen LogP contribution in [0.3, 0.4) is 0 Å². The van der Waals surface area contributed by atoms with Gasteiger partial charge in [0, 0.05) is 18.8 Å². The van der Waals surface area contributed by atoms with Gasteiger partial charge in [-0.05, 0) is 18.3 Å². The summed E-state index contributed by atoms with van der Waals surface area (Å²) in [5, 5.41) is 12.7. The van der Waals surface area contributed by atoms with E-state index in [-0.39, 0.29) is 16.9 Å². The monoisotopic (exact) mass is 265 g/mol. The summed E-state index contributed by atoms with van der Waals surface area (Å²) >= 11 is 0. The highest BCUT2D eigenvalue weighted by Gasteiger charge is 2.16. The summed E-state index contributed by atoms with van der Waals surface area (Å²) in [7, 11) is -2.91. The number of hydrogen-bond acceptors (Lipinski definition) is 4. The Hall–Kier alpha value is -0.130. The Morgan fingerprint density at radius 2 is 1.82 bits per heavy atom. The molecule has 5 heteroatoms. The number of sulfone groups is 1. The molecule has 0 saturated carbocycles. The Balaban J connectivity index is 3.72. The third kappa shape index (κ3) is 10.7. The quantitative estimate of drug-likeness (QED) is 0.647. The fourth-order valence-electron chi connectivity index (χ4n) is 1.69. The lowest BCUT2D eigenvalue weighted by molar-refractivity contribution is 0.120. The number of rotatable bonds is 8. The van der Waals surface area contributed by atoms with Crippen LogP contribution in [0.2, 0.25) is 0 Å². The molecule has 1 atom stereocenters. The highest BCUT2D eigenvalue weighted by atomic mass is 32.2. The van der Waals surface area contributed by atoms with Gasteiger partial charge < -0.3 is 10.4 Å². The molecule has 0 saturated heterocycles. The molecule has 0 aromatic carbocycles. The molecule has 0 fully saturated rings. The van der Waals surface area contributed by atoms with Gasteiger partial charge in [0.05, 0.1) is 11.9 Å². The van der Waals surface area contributed by atoms with Crippen molar-refractivity contribution in [3.8, 4) is 0 Å². The molecule has 104 valence electrons. The maximum atomic E-state index is 11.4. The normalized spacial score (nSPS) is 14.9. The lowest BCUT2D eigenvalue weighted by Gasteiger charge is -2.22. The maximum absolute atomic E-state index is 11.4. The van der Waals surface area contributed by atoms with E-state index >= 15 is 0 Å². The highest BCUT2D eigenvalue weighted by molar-refractivity contribution is 7.91. The van der Waals surface area contributed by atoms with Gasteiger partial charge in [-0.25, -0.2) is 8.42 Å². The Morgan fingerprint density at radius 1 is 1.24 bits per heavy atom. The number of hydrogen-bond donors (Lipinski definition) is 2. The third-order valence-electron chi connectivity index (χ3n) is 2.33. The predicted molar refractivity (Wildman–Crippen MR) is 71.9 cm³/mol. The third-order valence-corrected chi connectivity index (χ3v) is 4.19. The molecule has 0 aromatic heterocycles. The second-order valence-corrected chi connectivity index (χ2v) is 8.08. The van der Waals surface area contributed by atoms with Crippen LogP contribution in [-0.4, -0.2) is 44.2 Å². The molecule has 0 heterocycles. The first kappa shape index (κ1) is 16.9. The zero-order chi connectivity index (χ0) is 13.5. The van der Waals surface area contributed by atoms with Crippen LogP contribution in [-0.2, 0) is 9.84 Å². The van der Waals surface area contributed by atoms with Crippen LogP contribution in [0.5, 0.6) is 0 Å². The van der Waals surface area contributed by atoms with Gasteiger partial charge in [-0.1, -0.05) is 27.7 Å². The molecule has 2 N–H and O–H groups in total. The molecular formula is C12H27NO3S. The van der Waals surface area contributed by atoms with Crippen molar-refractivity contribution in [2.45, 2.75) is 46.6 Å². The summed E-state index contributed by atoms with van der Waals surface area (Å²) in [5.41, 5.74) is 0.0926. The summed E-state index contributed by atoms with van der Waals surface area (Å²) in [6, 6.07) is 0. The zero-order valence-electron chi connectivity index (χ0n) is 11.5. The summed E-state index contributed by atoms with van der Waals surface area (Å²) in [6.45, 7) is 8.95. The first-order valence-electron chi connectivity index (χ1n) is 6.25. The van der Waals surface area contributed by atoms with Gasteiger partial charge in [0.25, 0.3) is 0 Å². The van der Waals surface area contributed by atoms with E-state index in [1.165, 1.54) is 0 Å². The van der Waals surface area contributed by atoms with Gasteiger partial charge in [0.2, 0.25) is 0 Å². The molecule has 0 rings (SSSR count). The molecule has 0 aliphatic heterocycles. The van der Waals surface area contributed by atoms with E-state index in [1.54, 1.807) is 0 Å². The molecule has 4 nitrogen and oxygen atoms in total. The van der Waals surface area contributed by atoms with Crippen molar-refractivity contribution in [3.63, 3.8) is 0 Å². The highest BCUT2D eigenvalue weighted by Crippen LogP contribution is 2.20. The fraction of sp³-hybridized carbons (Fsp3) is 1.00. The van der Waals surface area contributed by atoms with Crippen molar-refractivity contribution in [2.24, 2.45) is 5.41 Å². The lowest BCUT2D eigenvalue weighted by Crippen LogP contribution is -2.33. The second-order valence-electron chi connectivity index (χ2n) is 5.77. The topological polar surface area (TPSA) is 66.4 Å². The van der Waals surface area contributed by atoms with Gasteiger partial charge in [-0.2, -0.15) is 0 Å². The average molecular weight is 265 g/mol. The second kappa shape index (κ2) is 7.34. The first-order valence-corrected chi connectivity index (χ1v) is 8.07. The van der Waals surface area contributed by atoms with Crippen molar-refractivity contribution in [1.29, 1.82) is 0 Å². The molecular weight excluding hydrogens is 238 g/mol. The van der Waals surface area contributed by atoms with Crippen LogP contribution >= 0.6 is 0 Å². The average Bonchev–Trinajstić information content (AvgIpc) is 2.09. The van der Waals surface area contributed by atoms with Crippen LogP contribution in [0, 0.1) is 5.41 Å². The van der Waals surface area contributed by atoms with Gasteiger partial charge in [0.1, 0.15) is 0 Å². The maximum Gasteiger partial charge on any atom is 0.151 e. The van der Waals surface area contributed by atoms with Gasteiger partial charge >= 0.3 is 0 Å². The Kier molecular flexibility index (Phi) is 7.28.